The van der Waals surface area contributed by atoms with Crippen LogP contribution in [0.5, 0.6) is 17.2 Å². The van der Waals surface area contributed by atoms with Gasteiger partial charge in [-0.15, -0.1) is 0 Å². The Kier molecular flexibility index (Phi) is 5.54. The number of ether oxygens (including phenoxy) is 2. The number of benzene rings is 2. The summed E-state index contributed by atoms with van der Waals surface area (Å²) in [6.07, 6.45) is -0.947. The minimum atomic E-state index is -1.18. The largest absolute Gasteiger partial charge is 0.479 e. The summed E-state index contributed by atoms with van der Waals surface area (Å²) in [4.78, 5) is 10.9. The Morgan fingerprint density at radius 1 is 1.17 bits per heavy atom. The van der Waals surface area contributed by atoms with Crippen LogP contribution in [0.25, 0.3) is 0 Å². The number of hydrogen-bond donors (Lipinski definition) is 1. The van der Waals surface area contributed by atoms with Crippen molar-refractivity contribution in [2.75, 3.05) is 0 Å². The first kappa shape index (κ1) is 17.2. The molecule has 0 amide bonds. The SMILES string of the molecule is CCC(Oc1ccc(Oc2ccc(Br)cc2F)cc1F)C(=O)O. The zero-order valence-electron chi connectivity index (χ0n) is 12.1. The van der Waals surface area contributed by atoms with E-state index in [-0.39, 0.29) is 23.7 Å². The molecule has 0 saturated heterocycles. The van der Waals surface area contributed by atoms with Gasteiger partial charge in [0.25, 0.3) is 0 Å². The summed E-state index contributed by atoms with van der Waals surface area (Å²) in [6, 6.07) is 7.83. The lowest BCUT2D eigenvalue weighted by Gasteiger charge is -2.14. The Bertz CT molecular complexity index is 721. The summed E-state index contributed by atoms with van der Waals surface area (Å²) in [6.45, 7) is 1.62. The van der Waals surface area contributed by atoms with Crippen LogP contribution in [0.1, 0.15) is 13.3 Å². The Morgan fingerprint density at radius 3 is 2.39 bits per heavy atom. The normalized spacial score (nSPS) is 11.8. The van der Waals surface area contributed by atoms with Crippen molar-refractivity contribution in [3.05, 3.63) is 52.5 Å². The first-order valence-corrected chi connectivity index (χ1v) is 7.52. The van der Waals surface area contributed by atoms with Gasteiger partial charge >= 0.3 is 5.97 Å². The smallest absolute Gasteiger partial charge is 0.344 e. The second-order valence-electron chi connectivity index (χ2n) is 4.62. The number of hydrogen-bond acceptors (Lipinski definition) is 3. The van der Waals surface area contributed by atoms with Crippen LogP contribution in [0.4, 0.5) is 8.78 Å². The summed E-state index contributed by atoms with van der Waals surface area (Å²) in [5.41, 5.74) is 0. The predicted molar refractivity (Wildman–Crippen MR) is 82.9 cm³/mol. The maximum atomic E-state index is 14.0. The Hall–Kier alpha value is -2.15. The molecule has 0 heterocycles. The molecule has 1 atom stereocenters. The van der Waals surface area contributed by atoms with E-state index in [1.807, 2.05) is 0 Å². The second-order valence-corrected chi connectivity index (χ2v) is 5.54. The van der Waals surface area contributed by atoms with E-state index in [2.05, 4.69) is 15.9 Å². The summed E-state index contributed by atoms with van der Waals surface area (Å²) in [7, 11) is 0. The standard InChI is InChI=1S/C16H13BrF2O4/c1-2-13(16(20)21)23-15-6-4-10(8-12(15)19)22-14-5-3-9(17)7-11(14)18/h3-8,13H,2H2,1H3,(H,20,21). The third-order valence-electron chi connectivity index (χ3n) is 2.94. The van der Waals surface area contributed by atoms with Crippen LogP contribution in [0.15, 0.2) is 40.9 Å². The van der Waals surface area contributed by atoms with Crippen LogP contribution in [0.3, 0.4) is 0 Å². The molecule has 0 bridgehead atoms. The first-order chi connectivity index (χ1) is 10.9. The highest BCUT2D eigenvalue weighted by atomic mass is 79.9. The van der Waals surface area contributed by atoms with Crippen molar-refractivity contribution in [3.8, 4) is 17.2 Å². The molecule has 2 aromatic carbocycles. The monoisotopic (exact) mass is 386 g/mol. The van der Waals surface area contributed by atoms with E-state index in [1.54, 1.807) is 13.0 Å². The average molecular weight is 387 g/mol. The molecular formula is C16H13BrF2O4. The topological polar surface area (TPSA) is 55.8 Å². The Labute approximate surface area is 139 Å². The molecule has 0 aliphatic heterocycles. The van der Waals surface area contributed by atoms with Gasteiger partial charge < -0.3 is 14.6 Å². The van der Waals surface area contributed by atoms with Crippen LogP contribution in [-0.2, 0) is 4.79 Å². The molecule has 122 valence electrons. The van der Waals surface area contributed by atoms with Crippen molar-refractivity contribution in [3.63, 3.8) is 0 Å². The highest BCUT2D eigenvalue weighted by molar-refractivity contribution is 9.10. The zero-order valence-corrected chi connectivity index (χ0v) is 13.6. The number of halogens is 3. The molecule has 4 nitrogen and oxygen atoms in total. The highest BCUT2D eigenvalue weighted by Gasteiger charge is 2.19. The molecule has 0 spiro atoms. The van der Waals surface area contributed by atoms with Crippen molar-refractivity contribution in [2.45, 2.75) is 19.4 Å². The van der Waals surface area contributed by atoms with Gasteiger partial charge in [0.05, 0.1) is 0 Å². The zero-order chi connectivity index (χ0) is 17.0. The molecule has 7 heteroatoms. The average Bonchev–Trinajstić information content (AvgIpc) is 2.49. The number of aliphatic carboxylic acids is 1. The molecular weight excluding hydrogens is 374 g/mol. The molecule has 0 saturated carbocycles. The van der Waals surface area contributed by atoms with Gasteiger partial charge in [0, 0.05) is 10.5 Å². The van der Waals surface area contributed by atoms with Gasteiger partial charge in [-0.1, -0.05) is 22.9 Å². The van der Waals surface area contributed by atoms with Gasteiger partial charge in [-0.3, -0.25) is 0 Å². The van der Waals surface area contributed by atoms with Gasteiger partial charge in [0.2, 0.25) is 0 Å². The van der Waals surface area contributed by atoms with E-state index >= 15 is 0 Å². The lowest BCUT2D eigenvalue weighted by molar-refractivity contribution is -0.145. The molecule has 2 rings (SSSR count). The second kappa shape index (κ2) is 7.41. The fraction of sp³-hybridized carbons (Fsp3) is 0.188. The Morgan fingerprint density at radius 2 is 1.83 bits per heavy atom. The minimum absolute atomic E-state index is 0.0572. The molecule has 1 N–H and O–H groups in total. The maximum Gasteiger partial charge on any atom is 0.344 e. The fourth-order valence-corrected chi connectivity index (χ4v) is 2.12. The van der Waals surface area contributed by atoms with Gasteiger partial charge in [-0.25, -0.2) is 13.6 Å². The molecule has 2 aromatic rings. The fourth-order valence-electron chi connectivity index (χ4n) is 1.79. The number of carboxylic acids is 1. The summed E-state index contributed by atoms with van der Waals surface area (Å²) >= 11 is 3.12. The van der Waals surface area contributed by atoms with Gasteiger partial charge in [-0.2, -0.15) is 0 Å². The molecule has 0 aromatic heterocycles. The van der Waals surface area contributed by atoms with Crippen LogP contribution in [0, 0.1) is 11.6 Å². The van der Waals surface area contributed by atoms with Crippen LogP contribution in [-0.4, -0.2) is 17.2 Å². The maximum absolute atomic E-state index is 14.0. The summed E-state index contributed by atoms with van der Waals surface area (Å²) in [5.74, 6) is -2.76. The molecule has 0 fully saturated rings. The molecule has 1 unspecified atom stereocenters. The van der Waals surface area contributed by atoms with Crippen molar-refractivity contribution in [2.24, 2.45) is 0 Å². The highest BCUT2D eigenvalue weighted by Crippen LogP contribution is 2.30. The van der Waals surface area contributed by atoms with Crippen LogP contribution < -0.4 is 9.47 Å². The van der Waals surface area contributed by atoms with Crippen molar-refractivity contribution in [1.82, 2.24) is 0 Å². The van der Waals surface area contributed by atoms with Crippen molar-refractivity contribution in [1.29, 1.82) is 0 Å². The van der Waals surface area contributed by atoms with E-state index in [0.717, 1.165) is 6.07 Å². The van der Waals surface area contributed by atoms with E-state index in [4.69, 9.17) is 14.6 Å². The van der Waals surface area contributed by atoms with E-state index in [0.29, 0.717) is 4.47 Å². The number of rotatable bonds is 6. The molecule has 0 radical (unpaired) electrons. The minimum Gasteiger partial charge on any atom is -0.479 e. The summed E-state index contributed by atoms with van der Waals surface area (Å²) < 4.78 is 38.6. The molecule has 23 heavy (non-hydrogen) atoms. The van der Waals surface area contributed by atoms with E-state index in [1.165, 1.54) is 24.3 Å². The summed E-state index contributed by atoms with van der Waals surface area (Å²) in [5, 5.41) is 8.91. The third-order valence-corrected chi connectivity index (χ3v) is 3.43. The van der Waals surface area contributed by atoms with E-state index < -0.39 is 23.7 Å². The quantitative estimate of drug-likeness (QED) is 0.777. The lowest BCUT2D eigenvalue weighted by atomic mass is 10.2. The van der Waals surface area contributed by atoms with E-state index in [9.17, 15) is 13.6 Å². The molecule has 0 aliphatic carbocycles. The van der Waals surface area contributed by atoms with Crippen molar-refractivity contribution < 1.29 is 28.2 Å². The lowest BCUT2D eigenvalue weighted by Crippen LogP contribution is -2.26. The van der Waals surface area contributed by atoms with Crippen LogP contribution in [0.2, 0.25) is 0 Å². The van der Waals surface area contributed by atoms with Gasteiger partial charge in [0.15, 0.2) is 29.2 Å². The first-order valence-electron chi connectivity index (χ1n) is 6.72. The molecule has 0 aliphatic rings. The number of carboxylic acid groups (broad SMARTS) is 1. The number of carbonyl (C=O) groups is 1. The Balaban J connectivity index is 2.17. The van der Waals surface area contributed by atoms with Crippen molar-refractivity contribution >= 4 is 21.9 Å². The predicted octanol–water partition coefficient (Wildman–Crippen LogP) is 4.76. The van der Waals surface area contributed by atoms with Crippen LogP contribution >= 0.6 is 15.9 Å². The third kappa shape index (κ3) is 4.41. The van der Waals surface area contributed by atoms with Gasteiger partial charge in [-0.05, 0) is 36.8 Å². The van der Waals surface area contributed by atoms with Gasteiger partial charge in [0.1, 0.15) is 5.75 Å².